The van der Waals surface area contributed by atoms with Gasteiger partial charge in [0.15, 0.2) is 0 Å². The zero-order valence-corrected chi connectivity index (χ0v) is 5.76. The fourth-order valence-corrected chi connectivity index (χ4v) is 0.799. The molecule has 1 amide bonds. The second-order valence-corrected chi connectivity index (χ2v) is 2.23. The van der Waals surface area contributed by atoms with E-state index in [0.717, 1.165) is 5.92 Å². The molecule has 0 aliphatic carbocycles. The van der Waals surface area contributed by atoms with Crippen LogP contribution in [0, 0.1) is 5.92 Å². The van der Waals surface area contributed by atoms with Crippen molar-refractivity contribution < 1.29 is 4.79 Å². The Bertz CT molecular complexity index is 69.5. The van der Waals surface area contributed by atoms with Crippen molar-refractivity contribution >= 4 is 6.41 Å². The van der Waals surface area contributed by atoms with Gasteiger partial charge in [-0.25, -0.2) is 0 Å². The molecule has 1 aliphatic rings. The van der Waals surface area contributed by atoms with Gasteiger partial charge in [-0.1, -0.05) is 6.92 Å². The molecule has 0 aromatic heterocycles. The standard InChI is InChI=1S/C5H11N.CH3NO/c1-5-2-3-6-4-5;2-1-3/h5-6H,2-4H2,1H3;1H,(H2,2,3). The average molecular weight is 130 g/mol. The van der Waals surface area contributed by atoms with Gasteiger partial charge >= 0.3 is 0 Å². The van der Waals surface area contributed by atoms with Gasteiger partial charge in [0.2, 0.25) is 6.41 Å². The molecule has 1 atom stereocenters. The molecule has 0 radical (unpaired) electrons. The van der Waals surface area contributed by atoms with Crippen LogP contribution in [0.1, 0.15) is 13.3 Å². The molecule has 54 valence electrons. The quantitative estimate of drug-likeness (QED) is 0.443. The summed E-state index contributed by atoms with van der Waals surface area (Å²) in [7, 11) is 0. The second-order valence-electron chi connectivity index (χ2n) is 2.23. The maximum absolute atomic E-state index is 8.58. The third-order valence-electron chi connectivity index (χ3n) is 1.31. The molecular weight excluding hydrogens is 116 g/mol. The topological polar surface area (TPSA) is 55.1 Å². The Morgan fingerprint density at radius 1 is 1.78 bits per heavy atom. The maximum atomic E-state index is 8.58. The van der Waals surface area contributed by atoms with E-state index in [1.54, 1.807) is 0 Å². The molecule has 9 heavy (non-hydrogen) atoms. The van der Waals surface area contributed by atoms with E-state index in [2.05, 4.69) is 18.0 Å². The lowest BCUT2D eigenvalue weighted by atomic mass is 10.2. The van der Waals surface area contributed by atoms with E-state index in [-0.39, 0.29) is 6.41 Å². The van der Waals surface area contributed by atoms with E-state index in [0.29, 0.717) is 0 Å². The van der Waals surface area contributed by atoms with Gasteiger partial charge < -0.3 is 11.1 Å². The van der Waals surface area contributed by atoms with Crippen molar-refractivity contribution in [2.45, 2.75) is 13.3 Å². The van der Waals surface area contributed by atoms with Gasteiger partial charge in [0.25, 0.3) is 0 Å². The van der Waals surface area contributed by atoms with E-state index < -0.39 is 0 Å². The summed E-state index contributed by atoms with van der Waals surface area (Å²) in [5.74, 6) is 0.935. The summed E-state index contributed by atoms with van der Waals surface area (Å²) >= 11 is 0. The number of rotatable bonds is 0. The lowest BCUT2D eigenvalue weighted by molar-refractivity contribution is -0.106. The maximum Gasteiger partial charge on any atom is 0.204 e. The Morgan fingerprint density at radius 2 is 2.33 bits per heavy atom. The van der Waals surface area contributed by atoms with E-state index in [9.17, 15) is 0 Å². The van der Waals surface area contributed by atoms with Gasteiger partial charge in [-0.2, -0.15) is 0 Å². The lowest BCUT2D eigenvalue weighted by Crippen LogP contribution is -2.06. The molecule has 1 saturated heterocycles. The first-order valence-electron chi connectivity index (χ1n) is 3.17. The van der Waals surface area contributed by atoms with Crippen LogP contribution in [-0.4, -0.2) is 19.5 Å². The van der Waals surface area contributed by atoms with Crippen molar-refractivity contribution in [1.29, 1.82) is 0 Å². The Labute approximate surface area is 55.6 Å². The normalized spacial score (nSPS) is 24.3. The van der Waals surface area contributed by atoms with Crippen molar-refractivity contribution in [1.82, 2.24) is 5.32 Å². The zero-order chi connectivity index (χ0) is 7.11. The first-order chi connectivity index (χ1) is 4.31. The van der Waals surface area contributed by atoms with Crippen LogP contribution >= 0.6 is 0 Å². The second kappa shape index (κ2) is 5.56. The van der Waals surface area contributed by atoms with E-state index in [4.69, 9.17) is 4.79 Å². The number of carbonyl (C=O) groups is 1. The van der Waals surface area contributed by atoms with Gasteiger partial charge in [-0.05, 0) is 25.4 Å². The molecular formula is C6H14N2O. The van der Waals surface area contributed by atoms with Gasteiger partial charge in [0.05, 0.1) is 0 Å². The number of hydrogen-bond acceptors (Lipinski definition) is 2. The van der Waals surface area contributed by atoms with Crippen LogP contribution in [0.4, 0.5) is 0 Å². The van der Waals surface area contributed by atoms with Crippen LogP contribution in [0.5, 0.6) is 0 Å². The monoisotopic (exact) mass is 130 g/mol. The van der Waals surface area contributed by atoms with Crippen LogP contribution in [0.25, 0.3) is 0 Å². The number of carbonyl (C=O) groups excluding carboxylic acids is 1. The molecule has 0 spiro atoms. The smallest absolute Gasteiger partial charge is 0.204 e. The highest BCUT2D eigenvalue weighted by Crippen LogP contribution is 2.03. The summed E-state index contributed by atoms with van der Waals surface area (Å²) in [4.78, 5) is 8.58. The third-order valence-corrected chi connectivity index (χ3v) is 1.31. The van der Waals surface area contributed by atoms with Crippen LogP contribution in [0.15, 0.2) is 0 Å². The summed E-state index contributed by atoms with van der Waals surface area (Å²) in [6.45, 7) is 4.75. The molecule has 3 N–H and O–H groups in total. The van der Waals surface area contributed by atoms with Crippen LogP contribution in [0.2, 0.25) is 0 Å². The summed E-state index contributed by atoms with van der Waals surface area (Å²) < 4.78 is 0. The van der Waals surface area contributed by atoms with Crippen molar-refractivity contribution in [2.24, 2.45) is 11.7 Å². The fourth-order valence-electron chi connectivity index (χ4n) is 0.799. The molecule has 1 rings (SSSR count). The Kier molecular flexibility index (Phi) is 5.21. The number of nitrogens with one attached hydrogen (secondary N) is 1. The molecule has 0 bridgehead atoms. The number of primary amides is 1. The first-order valence-corrected chi connectivity index (χ1v) is 3.17. The average Bonchev–Trinajstić information content (AvgIpc) is 2.20. The van der Waals surface area contributed by atoms with Crippen LogP contribution in [0.3, 0.4) is 0 Å². The molecule has 1 aliphatic heterocycles. The highest BCUT2D eigenvalue weighted by molar-refractivity contribution is 5.42. The Balaban J connectivity index is 0.000000187. The zero-order valence-electron chi connectivity index (χ0n) is 5.76. The number of nitrogens with two attached hydrogens (primary N) is 1. The van der Waals surface area contributed by atoms with Crippen LogP contribution in [-0.2, 0) is 4.79 Å². The van der Waals surface area contributed by atoms with E-state index in [1.807, 2.05) is 0 Å². The SMILES string of the molecule is CC1CCNC1.NC=O. The summed E-state index contributed by atoms with van der Waals surface area (Å²) in [5, 5.41) is 3.27. The van der Waals surface area contributed by atoms with E-state index in [1.165, 1.54) is 19.5 Å². The van der Waals surface area contributed by atoms with Crippen molar-refractivity contribution in [3.05, 3.63) is 0 Å². The van der Waals surface area contributed by atoms with Crippen molar-refractivity contribution in [3.63, 3.8) is 0 Å². The van der Waals surface area contributed by atoms with Gasteiger partial charge in [-0.15, -0.1) is 0 Å². The summed E-state index contributed by atoms with van der Waals surface area (Å²) in [5.41, 5.74) is 4.17. The molecule has 1 unspecified atom stereocenters. The highest BCUT2D eigenvalue weighted by Gasteiger charge is 2.06. The minimum Gasteiger partial charge on any atom is -0.372 e. The third kappa shape index (κ3) is 5.30. The molecule has 0 saturated carbocycles. The molecule has 3 heteroatoms. The number of hydrogen-bond donors (Lipinski definition) is 2. The van der Waals surface area contributed by atoms with Gasteiger partial charge in [-0.3, -0.25) is 4.79 Å². The minimum absolute atomic E-state index is 0.250. The fraction of sp³-hybridized carbons (Fsp3) is 0.833. The molecule has 1 fully saturated rings. The van der Waals surface area contributed by atoms with Gasteiger partial charge in [0.1, 0.15) is 0 Å². The van der Waals surface area contributed by atoms with Crippen molar-refractivity contribution in [2.75, 3.05) is 13.1 Å². The largest absolute Gasteiger partial charge is 0.372 e. The Morgan fingerprint density at radius 3 is 2.44 bits per heavy atom. The lowest BCUT2D eigenvalue weighted by Gasteiger charge is -1.90. The first kappa shape index (κ1) is 8.43. The number of amides is 1. The highest BCUT2D eigenvalue weighted by atomic mass is 16.1. The van der Waals surface area contributed by atoms with E-state index >= 15 is 0 Å². The molecule has 0 aromatic rings. The summed E-state index contributed by atoms with van der Waals surface area (Å²) in [6, 6.07) is 0. The Hall–Kier alpha value is -0.570. The minimum atomic E-state index is 0.250. The van der Waals surface area contributed by atoms with Crippen LogP contribution < -0.4 is 11.1 Å². The predicted octanol–water partition coefficient (Wildman–Crippen LogP) is -0.283. The molecule has 0 aromatic carbocycles. The molecule has 3 nitrogen and oxygen atoms in total. The van der Waals surface area contributed by atoms with Gasteiger partial charge in [0, 0.05) is 0 Å². The molecule has 1 heterocycles. The van der Waals surface area contributed by atoms with Crippen molar-refractivity contribution in [3.8, 4) is 0 Å². The summed E-state index contributed by atoms with van der Waals surface area (Å²) in [6.07, 6.45) is 1.62. The predicted molar refractivity (Wildman–Crippen MR) is 36.9 cm³/mol.